The molecule has 5 heteroatoms. The monoisotopic (exact) mass is 144 g/mol. The summed E-state index contributed by atoms with van der Waals surface area (Å²) in [6.45, 7) is 0.519. The van der Waals surface area contributed by atoms with Crippen LogP contribution in [0.2, 0.25) is 0 Å². The number of carboxylic acids is 1. The third-order valence-corrected chi connectivity index (χ3v) is 1.27. The molecule has 1 aliphatic heterocycles. The standard InChI is InChI=1S/C5H8N2O3/c8-4-2-6-1-3(7-4)5(9)10/h3,6H,1-2H2,(H,7,8)(H,9,10)/t3-/m1/s1. The highest BCUT2D eigenvalue weighted by atomic mass is 16.4. The van der Waals surface area contributed by atoms with Crippen molar-refractivity contribution >= 4 is 11.9 Å². The largest absolute Gasteiger partial charge is 0.480 e. The Labute approximate surface area is 57.4 Å². The van der Waals surface area contributed by atoms with E-state index in [1.807, 2.05) is 0 Å². The fourth-order valence-corrected chi connectivity index (χ4v) is 0.775. The minimum absolute atomic E-state index is 0.212. The van der Waals surface area contributed by atoms with Crippen LogP contribution >= 0.6 is 0 Å². The van der Waals surface area contributed by atoms with E-state index >= 15 is 0 Å². The van der Waals surface area contributed by atoms with Crippen molar-refractivity contribution in [3.8, 4) is 0 Å². The van der Waals surface area contributed by atoms with Gasteiger partial charge in [-0.15, -0.1) is 0 Å². The van der Waals surface area contributed by atoms with Gasteiger partial charge in [0, 0.05) is 6.54 Å². The SMILES string of the molecule is O=C1CNC[C@H](C(=O)O)N1. The van der Waals surface area contributed by atoms with Crippen LogP contribution in [-0.2, 0) is 9.59 Å². The minimum atomic E-state index is -0.999. The van der Waals surface area contributed by atoms with Crippen molar-refractivity contribution in [1.29, 1.82) is 0 Å². The number of carbonyl (C=O) groups is 2. The Hall–Kier alpha value is -1.10. The van der Waals surface area contributed by atoms with E-state index in [0.717, 1.165) is 0 Å². The predicted octanol–water partition coefficient (Wildman–Crippen LogP) is -1.84. The smallest absolute Gasteiger partial charge is 0.327 e. The Balaban J connectivity index is 2.47. The fourth-order valence-electron chi connectivity index (χ4n) is 0.775. The lowest BCUT2D eigenvalue weighted by Gasteiger charge is -2.19. The molecule has 56 valence electrons. The minimum Gasteiger partial charge on any atom is -0.480 e. The van der Waals surface area contributed by atoms with Crippen LogP contribution in [0.15, 0.2) is 0 Å². The first-order valence-electron chi connectivity index (χ1n) is 2.93. The first kappa shape index (κ1) is 7.01. The van der Waals surface area contributed by atoms with Gasteiger partial charge >= 0.3 is 5.97 Å². The van der Waals surface area contributed by atoms with Gasteiger partial charge in [-0.25, -0.2) is 4.79 Å². The summed E-state index contributed by atoms with van der Waals surface area (Å²) >= 11 is 0. The number of aliphatic carboxylic acids is 1. The Bertz CT molecular complexity index is 166. The van der Waals surface area contributed by atoms with E-state index in [1.165, 1.54) is 0 Å². The van der Waals surface area contributed by atoms with Crippen molar-refractivity contribution in [1.82, 2.24) is 10.6 Å². The predicted molar refractivity (Wildman–Crippen MR) is 32.4 cm³/mol. The third kappa shape index (κ3) is 1.44. The molecule has 1 rings (SSSR count). The van der Waals surface area contributed by atoms with Crippen LogP contribution in [0.3, 0.4) is 0 Å². The van der Waals surface area contributed by atoms with E-state index in [-0.39, 0.29) is 12.5 Å². The van der Waals surface area contributed by atoms with Gasteiger partial charge in [0.25, 0.3) is 0 Å². The van der Waals surface area contributed by atoms with E-state index in [0.29, 0.717) is 6.54 Å². The van der Waals surface area contributed by atoms with Crippen LogP contribution in [0.4, 0.5) is 0 Å². The number of piperazine rings is 1. The molecular weight excluding hydrogens is 136 g/mol. The summed E-state index contributed by atoms with van der Waals surface area (Å²) in [5, 5.41) is 13.4. The van der Waals surface area contributed by atoms with E-state index in [9.17, 15) is 9.59 Å². The molecule has 1 saturated heterocycles. The van der Waals surface area contributed by atoms with E-state index in [4.69, 9.17) is 5.11 Å². The number of hydrogen-bond acceptors (Lipinski definition) is 3. The van der Waals surface area contributed by atoms with Gasteiger partial charge in [-0.3, -0.25) is 4.79 Å². The van der Waals surface area contributed by atoms with Gasteiger partial charge in [0.2, 0.25) is 5.91 Å². The zero-order valence-electron chi connectivity index (χ0n) is 5.26. The summed E-state index contributed by atoms with van der Waals surface area (Å²) in [6.07, 6.45) is 0. The van der Waals surface area contributed by atoms with Crippen LogP contribution in [0.25, 0.3) is 0 Å². The molecule has 1 heterocycles. The second-order valence-corrected chi connectivity index (χ2v) is 2.09. The van der Waals surface area contributed by atoms with Gasteiger partial charge in [-0.2, -0.15) is 0 Å². The highest BCUT2D eigenvalue weighted by Crippen LogP contribution is 1.86. The van der Waals surface area contributed by atoms with E-state index in [1.54, 1.807) is 0 Å². The number of nitrogens with one attached hydrogen (secondary N) is 2. The quantitative estimate of drug-likeness (QED) is 0.404. The maximum absolute atomic E-state index is 10.5. The molecule has 0 unspecified atom stereocenters. The fraction of sp³-hybridized carbons (Fsp3) is 0.600. The second kappa shape index (κ2) is 2.66. The van der Waals surface area contributed by atoms with Crippen molar-refractivity contribution in [2.45, 2.75) is 6.04 Å². The van der Waals surface area contributed by atoms with Crippen LogP contribution in [0.5, 0.6) is 0 Å². The average Bonchev–Trinajstić information content (AvgIpc) is 1.88. The molecule has 0 aliphatic carbocycles. The maximum atomic E-state index is 10.5. The third-order valence-electron chi connectivity index (χ3n) is 1.27. The van der Waals surface area contributed by atoms with Gasteiger partial charge < -0.3 is 15.7 Å². The molecule has 0 saturated carbocycles. The highest BCUT2D eigenvalue weighted by molar-refractivity contribution is 5.86. The number of hydrogen-bond donors (Lipinski definition) is 3. The van der Waals surface area contributed by atoms with Crippen LogP contribution in [0.1, 0.15) is 0 Å². The van der Waals surface area contributed by atoms with Gasteiger partial charge in [-0.05, 0) is 0 Å². The van der Waals surface area contributed by atoms with Crippen molar-refractivity contribution in [3.63, 3.8) is 0 Å². The summed E-state index contributed by atoms with van der Waals surface area (Å²) in [6, 6.07) is -0.763. The van der Waals surface area contributed by atoms with Crippen LogP contribution < -0.4 is 10.6 Å². The normalized spacial score (nSPS) is 25.6. The molecule has 1 aliphatic rings. The lowest BCUT2D eigenvalue weighted by Crippen LogP contribution is -2.55. The first-order chi connectivity index (χ1) is 4.70. The summed E-state index contributed by atoms with van der Waals surface area (Å²) in [7, 11) is 0. The van der Waals surface area contributed by atoms with Gasteiger partial charge in [0.1, 0.15) is 6.04 Å². The van der Waals surface area contributed by atoms with Crippen LogP contribution in [-0.4, -0.2) is 36.1 Å². The molecule has 3 N–H and O–H groups in total. The molecule has 0 bridgehead atoms. The van der Waals surface area contributed by atoms with Gasteiger partial charge in [0.05, 0.1) is 6.54 Å². The molecule has 1 fully saturated rings. The summed E-state index contributed by atoms with van der Waals surface area (Å²) in [5.41, 5.74) is 0. The molecule has 10 heavy (non-hydrogen) atoms. The van der Waals surface area contributed by atoms with Crippen molar-refractivity contribution < 1.29 is 14.7 Å². The van der Waals surface area contributed by atoms with E-state index in [2.05, 4.69) is 10.6 Å². The lowest BCUT2D eigenvalue weighted by atomic mass is 10.2. The molecule has 5 nitrogen and oxygen atoms in total. The molecule has 0 aromatic heterocycles. The van der Waals surface area contributed by atoms with Gasteiger partial charge in [0.15, 0.2) is 0 Å². The Morgan fingerprint density at radius 2 is 2.40 bits per heavy atom. The van der Waals surface area contributed by atoms with Crippen molar-refractivity contribution in [2.24, 2.45) is 0 Å². The lowest BCUT2D eigenvalue weighted by molar-refractivity contribution is -0.142. The molecule has 0 aromatic rings. The zero-order valence-corrected chi connectivity index (χ0v) is 5.26. The summed E-state index contributed by atoms with van der Waals surface area (Å²) in [5.74, 6) is -1.26. The number of carbonyl (C=O) groups excluding carboxylic acids is 1. The number of amides is 1. The van der Waals surface area contributed by atoms with E-state index < -0.39 is 12.0 Å². The summed E-state index contributed by atoms with van der Waals surface area (Å²) < 4.78 is 0. The van der Waals surface area contributed by atoms with Crippen molar-refractivity contribution in [2.75, 3.05) is 13.1 Å². The molecule has 0 aromatic carbocycles. The zero-order chi connectivity index (χ0) is 7.56. The highest BCUT2D eigenvalue weighted by Gasteiger charge is 2.22. The molecule has 1 atom stereocenters. The molecular formula is C5H8N2O3. The average molecular weight is 144 g/mol. The van der Waals surface area contributed by atoms with Crippen molar-refractivity contribution in [3.05, 3.63) is 0 Å². The maximum Gasteiger partial charge on any atom is 0.327 e. The van der Waals surface area contributed by atoms with Crippen LogP contribution in [0, 0.1) is 0 Å². The molecule has 1 amide bonds. The Morgan fingerprint density at radius 3 is 2.80 bits per heavy atom. The molecule has 0 spiro atoms. The Kier molecular flexibility index (Phi) is 1.86. The number of rotatable bonds is 1. The first-order valence-corrected chi connectivity index (χ1v) is 2.93. The summed E-state index contributed by atoms with van der Waals surface area (Å²) in [4.78, 5) is 20.8. The topological polar surface area (TPSA) is 78.4 Å². The number of carboxylic acid groups (broad SMARTS) is 1. The Morgan fingerprint density at radius 1 is 1.70 bits per heavy atom. The molecule has 0 radical (unpaired) electrons. The van der Waals surface area contributed by atoms with Gasteiger partial charge in [-0.1, -0.05) is 0 Å². The second-order valence-electron chi connectivity index (χ2n) is 2.09.